The number of halogens is 1. The molecule has 0 N–H and O–H groups in total. The molecular formula is C21H24FNO4. The number of carbonyl (C=O) groups excluding carboxylic acids is 2. The number of methoxy groups -OCH3 is 1. The molecule has 0 unspecified atom stereocenters. The molecular weight excluding hydrogens is 349 g/mol. The molecule has 0 radical (unpaired) electrons. The van der Waals surface area contributed by atoms with E-state index in [0.717, 1.165) is 11.1 Å². The zero-order valence-electron chi connectivity index (χ0n) is 15.6. The number of nitrogens with zero attached hydrogens (tertiary/aromatic N) is 1. The number of ether oxygens (including phenoxy) is 2. The Bertz CT molecular complexity index is 744. The van der Waals surface area contributed by atoms with Crippen molar-refractivity contribution in [2.45, 2.75) is 19.8 Å². The molecule has 0 atom stereocenters. The summed E-state index contributed by atoms with van der Waals surface area (Å²) in [6, 6.07) is 13.6. The lowest BCUT2D eigenvalue weighted by Gasteiger charge is -2.22. The number of carbonyl (C=O) groups is 2. The van der Waals surface area contributed by atoms with Gasteiger partial charge in [0.05, 0.1) is 13.5 Å². The second-order valence-corrected chi connectivity index (χ2v) is 6.19. The lowest BCUT2D eigenvalue weighted by molar-refractivity contribution is -0.142. The van der Waals surface area contributed by atoms with Crippen LogP contribution in [0.3, 0.4) is 0 Å². The van der Waals surface area contributed by atoms with Gasteiger partial charge < -0.3 is 14.4 Å². The minimum atomic E-state index is -0.381. The van der Waals surface area contributed by atoms with Crippen LogP contribution >= 0.6 is 0 Å². The van der Waals surface area contributed by atoms with Crippen molar-refractivity contribution >= 4 is 11.9 Å². The monoisotopic (exact) mass is 373 g/mol. The molecule has 2 aromatic rings. The molecule has 2 rings (SSSR count). The third-order valence-corrected chi connectivity index (χ3v) is 4.13. The number of benzene rings is 2. The van der Waals surface area contributed by atoms with Crippen molar-refractivity contribution in [3.8, 4) is 5.75 Å². The maximum Gasteiger partial charge on any atom is 0.307 e. The van der Waals surface area contributed by atoms with Crippen LogP contribution in [0, 0.1) is 12.7 Å². The maximum absolute atomic E-state index is 13.0. The van der Waals surface area contributed by atoms with Gasteiger partial charge in [0, 0.05) is 13.1 Å². The highest BCUT2D eigenvalue weighted by Crippen LogP contribution is 2.12. The molecule has 27 heavy (non-hydrogen) atoms. The summed E-state index contributed by atoms with van der Waals surface area (Å²) in [5.41, 5.74) is 2.01. The Morgan fingerprint density at radius 2 is 1.67 bits per heavy atom. The Morgan fingerprint density at radius 1 is 1.00 bits per heavy atom. The predicted octanol–water partition coefficient (Wildman–Crippen LogP) is 3.15. The van der Waals surface area contributed by atoms with Crippen LogP contribution in [-0.2, 0) is 20.7 Å². The van der Waals surface area contributed by atoms with Gasteiger partial charge in [0.25, 0.3) is 5.91 Å². The highest BCUT2D eigenvalue weighted by molar-refractivity contribution is 5.78. The van der Waals surface area contributed by atoms with Crippen molar-refractivity contribution in [1.29, 1.82) is 0 Å². The van der Waals surface area contributed by atoms with Gasteiger partial charge >= 0.3 is 5.97 Å². The minimum absolute atomic E-state index is 0.107. The summed E-state index contributed by atoms with van der Waals surface area (Å²) < 4.78 is 23.2. The number of hydrogen-bond donors (Lipinski definition) is 0. The Balaban J connectivity index is 1.94. The molecule has 0 fully saturated rings. The smallest absolute Gasteiger partial charge is 0.307 e. The fourth-order valence-corrected chi connectivity index (χ4v) is 2.48. The Kier molecular flexibility index (Phi) is 7.79. The first-order chi connectivity index (χ1) is 13.0. The average Bonchev–Trinajstić information content (AvgIpc) is 2.68. The molecule has 144 valence electrons. The zero-order chi connectivity index (χ0) is 19.6. The molecule has 0 aromatic heterocycles. The van der Waals surface area contributed by atoms with Gasteiger partial charge in [-0.2, -0.15) is 0 Å². The number of hydrogen-bond acceptors (Lipinski definition) is 4. The van der Waals surface area contributed by atoms with Crippen LogP contribution in [0.15, 0.2) is 48.5 Å². The van der Waals surface area contributed by atoms with Gasteiger partial charge in [-0.05, 0) is 43.2 Å². The van der Waals surface area contributed by atoms with Crippen LogP contribution in [0.5, 0.6) is 5.75 Å². The molecule has 0 bridgehead atoms. The summed E-state index contributed by atoms with van der Waals surface area (Å²) in [5, 5.41) is 0. The van der Waals surface area contributed by atoms with Gasteiger partial charge in [-0.25, -0.2) is 4.39 Å². The van der Waals surface area contributed by atoms with Crippen molar-refractivity contribution < 1.29 is 23.5 Å². The van der Waals surface area contributed by atoms with Crippen LogP contribution < -0.4 is 4.74 Å². The van der Waals surface area contributed by atoms with Crippen molar-refractivity contribution in [1.82, 2.24) is 4.90 Å². The first-order valence-corrected chi connectivity index (χ1v) is 8.76. The van der Waals surface area contributed by atoms with Gasteiger partial charge in [0.1, 0.15) is 11.6 Å². The topological polar surface area (TPSA) is 55.8 Å². The Morgan fingerprint density at radius 3 is 2.30 bits per heavy atom. The quantitative estimate of drug-likeness (QED) is 0.634. The lowest BCUT2D eigenvalue weighted by atomic mass is 10.1. The molecule has 0 heterocycles. The molecule has 6 heteroatoms. The van der Waals surface area contributed by atoms with Crippen molar-refractivity contribution in [3.05, 3.63) is 65.5 Å². The molecule has 1 amide bonds. The van der Waals surface area contributed by atoms with Crippen LogP contribution in [0.25, 0.3) is 0 Å². The van der Waals surface area contributed by atoms with Gasteiger partial charge in [-0.3, -0.25) is 9.59 Å². The summed E-state index contributed by atoms with van der Waals surface area (Å²) in [7, 11) is 1.31. The minimum Gasteiger partial charge on any atom is -0.484 e. The number of aryl methyl sites for hydroxylation is 1. The summed E-state index contributed by atoms with van der Waals surface area (Å²) in [6.45, 7) is 2.50. The maximum atomic E-state index is 13.0. The third-order valence-electron chi connectivity index (χ3n) is 4.13. The summed E-state index contributed by atoms with van der Waals surface area (Å²) in [4.78, 5) is 25.5. The molecule has 0 aliphatic heterocycles. The summed E-state index contributed by atoms with van der Waals surface area (Å²) >= 11 is 0. The first kappa shape index (κ1) is 20.4. The van der Waals surface area contributed by atoms with E-state index in [1.807, 2.05) is 19.1 Å². The van der Waals surface area contributed by atoms with Gasteiger partial charge in [-0.1, -0.05) is 29.8 Å². The highest BCUT2D eigenvalue weighted by Gasteiger charge is 2.16. The van der Waals surface area contributed by atoms with Gasteiger partial charge in [0.15, 0.2) is 6.61 Å². The second-order valence-electron chi connectivity index (χ2n) is 6.19. The van der Waals surface area contributed by atoms with Crippen molar-refractivity contribution in [3.63, 3.8) is 0 Å². The summed E-state index contributed by atoms with van der Waals surface area (Å²) in [5.74, 6) is -0.292. The standard InChI is InChI=1S/C21H24FNO4/c1-16-3-9-19(10-4-16)27-15-20(24)23(14-12-21(25)26-2)13-11-17-5-7-18(22)8-6-17/h3-10H,11-15H2,1-2H3. The Labute approximate surface area is 158 Å². The Hall–Kier alpha value is -2.89. The fourth-order valence-electron chi connectivity index (χ4n) is 2.48. The van der Waals surface area contributed by atoms with E-state index < -0.39 is 0 Å². The molecule has 5 nitrogen and oxygen atoms in total. The normalized spacial score (nSPS) is 10.3. The van der Waals surface area contributed by atoms with Gasteiger partial charge in [0.2, 0.25) is 0 Å². The molecule has 0 aliphatic carbocycles. The van der Waals surface area contributed by atoms with Crippen molar-refractivity contribution in [2.24, 2.45) is 0 Å². The van der Waals surface area contributed by atoms with Crippen LogP contribution in [-0.4, -0.2) is 43.6 Å². The van der Waals surface area contributed by atoms with E-state index in [1.165, 1.54) is 19.2 Å². The van der Waals surface area contributed by atoms with E-state index >= 15 is 0 Å². The fraction of sp³-hybridized carbons (Fsp3) is 0.333. The van der Waals surface area contributed by atoms with E-state index in [9.17, 15) is 14.0 Å². The first-order valence-electron chi connectivity index (χ1n) is 8.76. The molecule has 0 saturated heterocycles. The average molecular weight is 373 g/mol. The van der Waals surface area contributed by atoms with E-state index in [0.29, 0.717) is 18.7 Å². The van der Waals surface area contributed by atoms with Crippen LogP contribution in [0.2, 0.25) is 0 Å². The number of rotatable bonds is 9. The molecule has 0 saturated carbocycles. The SMILES string of the molecule is COC(=O)CCN(CCc1ccc(F)cc1)C(=O)COc1ccc(C)cc1. The number of esters is 1. The highest BCUT2D eigenvalue weighted by atomic mass is 19.1. The molecule has 2 aromatic carbocycles. The lowest BCUT2D eigenvalue weighted by Crippen LogP contribution is -2.38. The predicted molar refractivity (Wildman–Crippen MR) is 100.0 cm³/mol. The number of amides is 1. The molecule has 0 spiro atoms. The molecule has 0 aliphatic rings. The van der Waals surface area contributed by atoms with E-state index in [2.05, 4.69) is 4.74 Å². The largest absolute Gasteiger partial charge is 0.484 e. The summed E-state index contributed by atoms with van der Waals surface area (Å²) in [6.07, 6.45) is 0.661. The van der Waals surface area contributed by atoms with Crippen molar-refractivity contribution in [2.75, 3.05) is 26.8 Å². The van der Waals surface area contributed by atoms with Gasteiger partial charge in [-0.15, -0.1) is 0 Å². The zero-order valence-corrected chi connectivity index (χ0v) is 15.6. The third kappa shape index (κ3) is 7.09. The van der Waals surface area contributed by atoms with E-state index in [-0.39, 0.29) is 37.3 Å². The van der Waals surface area contributed by atoms with E-state index in [1.54, 1.807) is 29.2 Å². The second kappa shape index (κ2) is 10.3. The van der Waals surface area contributed by atoms with Crippen LogP contribution in [0.1, 0.15) is 17.5 Å². The van der Waals surface area contributed by atoms with E-state index in [4.69, 9.17) is 4.74 Å². The van der Waals surface area contributed by atoms with Crippen LogP contribution in [0.4, 0.5) is 4.39 Å².